The molecular weight excluding hydrogens is 222 g/mol. The Balaban J connectivity index is 2.22. The van der Waals surface area contributed by atoms with Gasteiger partial charge in [-0.1, -0.05) is 40.0 Å². The van der Waals surface area contributed by atoms with Crippen molar-refractivity contribution in [3.63, 3.8) is 0 Å². The molecule has 18 heavy (non-hydrogen) atoms. The van der Waals surface area contributed by atoms with E-state index in [2.05, 4.69) is 33.0 Å². The van der Waals surface area contributed by atoms with Gasteiger partial charge in [-0.15, -0.1) is 0 Å². The molecular formula is C16H33NO. The van der Waals surface area contributed by atoms with Crippen molar-refractivity contribution in [1.29, 1.82) is 0 Å². The summed E-state index contributed by atoms with van der Waals surface area (Å²) in [6.45, 7) is 9.88. The molecule has 0 amide bonds. The molecule has 0 bridgehead atoms. The summed E-state index contributed by atoms with van der Waals surface area (Å²) in [5.41, 5.74) is -0.0203. The molecule has 1 unspecified atom stereocenters. The maximum absolute atomic E-state index is 10.6. The smallest absolute Gasteiger partial charge is 0.0772 e. The van der Waals surface area contributed by atoms with Crippen LogP contribution >= 0.6 is 0 Å². The highest BCUT2D eigenvalue weighted by Gasteiger charge is 2.36. The maximum Gasteiger partial charge on any atom is 0.0772 e. The number of rotatable bonds is 7. The topological polar surface area (TPSA) is 32.3 Å². The van der Waals surface area contributed by atoms with Crippen molar-refractivity contribution < 1.29 is 5.11 Å². The largest absolute Gasteiger partial charge is 0.389 e. The summed E-state index contributed by atoms with van der Waals surface area (Å²) >= 11 is 0. The molecule has 1 atom stereocenters. The maximum atomic E-state index is 10.6. The molecule has 0 spiro atoms. The van der Waals surface area contributed by atoms with Crippen LogP contribution in [-0.4, -0.2) is 23.3 Å². The molecule has 1 saturated carbocycles. The van der Waals surface area contributed by atoms with E-state index in [1.54, 1.807) is 0 Å². The lowest BCUT2D eigenvalue weighted by Gasteiger charge is -2.40. The Labute approximate surface area is 114 Å². The Morgan fingerprint density at radius 2 is 1.72 bits per heavy atom. The van der Waals surface area contributed by atoms with Gasteiger partial charge in [0.15, 0.2) is 0 Å². The summed E-state index contributed by atoms with van der Waals surface area (Å²) in [6.07, 6.45) is 9.34. The third-order valence-corrected chi connectivity index (χ3v) is 4.55. The molecule has 1 rings (SSSR count). The zero-order valence-electron chi connectivity index (χ0n) is 12.9. The minimum absolute atomic E-state index is 0.430. The van der Waals surface area contributed by atoms with Crippen molar-refractivity contribution in [3.8, 4) is 0 Å². The van der Waals surface area contributed by atoms with E-state index in [0.29, 0.717) is 11.5 Å². The first-order chi connectivity index (χ1) is 8.37. The quantitative estimate of drug-likeness (QED) is 0.677. The van der Waals surface area contributed by atoms with Crippen molar-refractivity contribution in [3.05, 3.63) is 0 Å². The van der Waals surface area contributed by atoms with E-state index in [9.17, 15) is 5.11 Å². The van der Waals surface area contributed by atoms with Gasteiger partial charge in [-0.25, -0.2) is 0 Å². The number of hydrogen-bond donors (Lipinski definition) is 2. The van der Waals surface area contributed by atoms with Gasteiger partial charge in [0, 0.05) is 12.6 Å². The summed E-state index contributed by atoms with van der Waals surface area (Å²) in [4.78, 5) is 0. The molecule has 108 valence electrons. The number of hydrogen-bond acceptors (Lipinski definition) is 2. The second-order valence-corrected chi connectivity index (χ2v) is 7.17. The van der Waals surface area contributed by atoms with Crippen molar-refractivity contribution in [2.75, 3.05) is 6.54 Å². The fourth-order valence-electron chi connectivity index (χ4n) is 2.74. The van der Waals surface area contributed by atoms with Crippen LogP contribution < -0.4 is 5.32 Å². The third-order valence-electron chi connectivity index (χ3n) is 4.55. The molecule has 0 heterocycles. The molecule has 0 aromatic carbocycles. The van der Waals surface area contributed by atoms with Crippen molar-refractivity contribution in [1.82, 2.24) is 5.32 Å². The highest BCUT2D eigenvalue weighted by Crippen LogP contribution is 2.39. The number of unbranched alkanes of at least 4 members (excludes halogenated alkanes) is 2. The highest BCUT2D eigenvalue weighted by molar-refractivity contribution is 4.91. The predicted octanol–water partition coefficient (Wildman–Crippen LogP) is 3.88. The minimum Gasteiger partial charge on any atom is -0.389 e. The first-order valence-electron chi connectivity index (χ1n) is 7.83. The van der Waals surface area contributed by atoms with Gasteiger partial charge in [0.1, 0.15) is 0 Å². The summed E-state index contributed by atoms with van der Waals surface area (Å²) in [6, 6.07) is 0.538. The molecule has 1 aliphatic carbocycles. The average Bonchev–Trinajstić information content (AvgIpc) is 2.32. The highest BCUT2D eigenvalue weighted by atomic mass is 16.3. The molecule has 0 saturated heterocycles. The molecule has 1 fully saturated rings. The van der Waals surface area contributed by atoms with Gasteiger partial charge in [0.05, 0.1) is 5.60 Å². The summed E-state index contributed by atoms with van der Waals surface area (Å²) in [7, 11) is 0. The molecule has 1 aliphatic rings. The van der Waals surface area contributed by atoms with E-state index < -0.39 is 5.60 Å². The standard InChI is InChI=1S/C16H33NO/c1-5-6-7-8-14(2)17-13-16(18)11-9-15(3,4)10-12-16/h14,17-18H,5-13H2,1-4H3. The first kappa shape index (κ1) is 16.0. The lowest BCUT2D eigenvalue weighted by molar-refractivity contribution is -0.0259. The molecule has 2 heteroatoms. The lowest BCUT2D eigenvalue weighted by atomic mass is 9.71. The normalized spacial score (nSPS) is 23.8. The van der Waals surface area contributed by atoms with E-state index in [1.807, 2.05) is 0 Å². The van der Waals surface area contributed by atoms with Gasteiger partial charge in [0.2, 0.25) is 0 Å². The predicted molar refractivity (Wildman–Crippen MR) is 78.8 cm³/mol. The van der Waals surface area contributed by atoms with E-state index in [0.717, 1.165) is 32.2 Å². The number of nitrogens with one attached hydrogen (secondary N) is 1. The monoisotopic (exact) mass is 255 g/mol. The summed E-state index contributed by atoms with van der Waals surface area (Å²) in [5, 5.41) is 14.1. The Hall–Kier alpha value is -0.0800. The fourth-order valence-corrected chi connectivity index (χ4v) is 2.74. The van der Waals surface area contributed by atoms with Gasteiger partial charge >= 0.3 is 0 Å². The first-order valence-corrected chi connectivity index (χ1v) is 7.83. The van der Waals surface area contributed by atoms with Crippen LogP contribution in [0, 0.1) is 5.41 Å². The van der Waals surface area contributed by atoms with Crippen LogP contribution in [0.25, 0.3) is 0 Å². The SMILES string of the molecule is CCCCCC(C)NCC1(O)CCC(C)(C)CC1. The van der Waals surface area contributed by atoms with E-state index >= 15 is 0 Å². The Kier molecular flexibility index (Phi) is 6.13. The molecule has 2 nitrogen and oxygen atoms in total. The molecule has 0 aliphatic heterocycles. The fraction of sp³-hybridized carbons (Fsp3) is 1.00. The second-order valence-electron chi connectivity index (χ2n) is 7.17. The van der Waals surface area contributed by atoms with Crippen molar-refractivity contribution >= 4 is 0 Å². The van der Waals surface area contributed by atoms with Gasteiger partial charge in [-0.05, 0) is 44.4 Å². The van der Waals surface area contributed by atoms with Crippen LogP contribution in [0.4, 0.5) is 0 Å². The van der Waals surface area contributed by atoms with Gasteiger partial charge < -0.3 is 10.4 Å². The van der Waals surface area contributed by atoms with Gasteiger partial charge in [-0.2, -0.15) is 0 Å². The van der Waals surface area contributed by atoms with Crippen molar-refractivity contribution in [2.45, 2.75) is 90.7 Å². The summed E-state index contributed by atoms with van der Waals surface area (Å²) in [5.74, 6) is 0. The zero-order chi connectivity index (χ0) is 13.6. The lowest BCUT2D eigenvalue weighted by Crippen LogP contribution is -2.47. The second kappa shape index (κ2) is 6.91. The van der Waals surface area contributed by atoms with Crippen LogP contribution in [0.5, 0.6) is 0 Å². The molecule has 0 aromatic rings. The van der Waals surface area contributed by atoms with Crippen LogP contribution in [0.1, 0.15) is 79.1 Å². The van der Waals surface area contributed by atoms with Gasteiger partial charge in [0.25, 0.3) is 0 Å². The van der Waals surface area contributed by atoms with E-state index in [1.165, 1.54) is 25.7 Å². The minimum atomic E-state index is -0.450. The molecule has 0 aromatic heterocycles. The molecule has 2 N–H and O–H groups in total. The van der Waals surface area contributed by atoms with Crippen LogP contribution in [0.2, 0.25) is 0 Å². The van der Waals surface area contributed by atoms with E-state index in [-0.39, 0.29) is 0 Å². The van der Waals surface area contributed by atoms with Crippen LogP contribution in [0.15, 0.2) is 0 Å². The van der Waals surface area contributed by atoms with Crippen molar-refractivity contribution in [2.24, 2.45) is 5.41 Å². The third kappa shape index (κ3) is 5.71. The molecule has 0 radical (unpaired) electrons. The number of aliphatic hydroxyl groups is 1. The Bertz CT molecular complexity index is 227. The van der Waals surface area contributed by atoms with Crippen LogP contribution in [0.3, 0.4) is 0 Å². The van der Waals surface area contributed by atoms with E-state index in [4.69, 9.17) is 0 Å². The zero-order valence-corrected chi connectivity index (χ0v) is 12.9. The average molecular weight is 255 g/mol. The Morgan fingerprint density at radius 1 is 1.11 bits per heavy atom. The van der Waals surface area contributed by atoms with Gasteiger partial charge in [-0.3, -0.25) is 0 Å². The Morgan fingerprint density at radius 3 is 2.28 bits per heavy atom. The summed E-state index contributed by atoms with van der Waals surface area (Å²) < 4.78 is 0. The van der Waals surface area contributed by atoms with Crippen LogP contribution in [-0.2, 0) is 0 Å².